The maximum atomic E-state index is 3.85. The monoisotopic (exact) mass is 325 g/mol. The van der Waals surface area contributed by atoms with Crippen molar-refractivity contribution in [1.82, 2.24) is 4.98 Å². The molecule has 0 fully saturated rings. The Hall–Kier alpha value is 1.39. The predicted molar refractivity (Wildman–Crippen MR) is 41.8 cm³/mol. The normalized spacial score (nSPS) is 6.18. The van der Waals surface area contributed by atoms with Gasteiger partial charge in [-0.05, 0) is 0 Å². The van der Waals surface area contributed by atoms with Gasteiger partial charge in [-0.3, -0.25) is 0 Å². The molecule has 52 valence electrons. The summed E-state index contributed by atoms with van der Waals surface area (Å²) < 4.78 is 0. The summed E-state index contributed by atoms with van der Waals surface area (Å²) in [5, 5.41) is 0. The molecule has 0 radical (unpaired) electrons. The molecule has 1 nitrogen and oxygen atoms in total. The second-order valence-electron chi connectivity index (χ2n) is 1.41. The average Bonchev–Trinajstić information content (AvgIpc) is 1.94. The van der Waals surface area contributed by atoms with E-state index in [1.165, 1.54) is 14.8 Å². The van der Waals surface area contributed by atoms with Crippen molar-refractivity contribution in [2.24, 2.45) is 0 Å². The zero-order chi connectivity index (χ0) is 7.11. The molecular formula is C6H6ClILiNZn. The molecule has 0 amide bonds. The van der Waals surface area contributed by atoms with Crippen molar-refractivity contribution < 1.29 is 46.1 Å². The number of pyridine rings is 1. The first kappa shape index (κ1) is 18.2. The number of aromatic nitrogens is 1. The molecule has 1 aromatic heterocycles. The fourth-order valence-electron chi connectivity index (χ4n) is 0.407. The second kappa shape index (κ2) is 13.9. The molecule has 1 heterocycles. The number of aryl methyl sites for hydroxylation is 1. The maximum absolute atomic E-state index is 3.85. The van der Waals surface area contributed by atoms with Crippen LogP contribution in [0.4, 0.5) is 0 Å². The quantitative estimate of drug-likeness (QED) is 0.270. The van der Waals surface area contributed by atoms with Gasteiger partial charge in [0.15, 0.2) is 0 Å². The van der Waals surface area contributed by atoms with Crippen LogP contribution in [0.1, 0.15) is 5.69 Å². The molecule has 0 unspecified atom stereocenters. The first-order chi connectivity index (χ1) is 4.39. The summed E-state index contributed by atoms with van der Waals surface area (Å²) in [4.78, 5) is 3.85. The van der Waals surface area contributed by atoms with Crippen LogP contribution in [0.2, 0.25) is 0 Å². The second-order valence-corrected chi connectivity index (χ2v) is 1.41. The summed E-state index contributed by atoms with van der Waals surface area (Å²) in [5.74, 6) is 0. The van der Waals surface area contributed by atoms with Crippen molar-refractivity contribution >= 4 is 19.8 Å². The van der Waals surface area contributed by atoms with E-state index in [9.17, 15) is 0 Å². The molecule has 0 spiro atoms. The van der Waals surface area contributed by atoms with Gasteiger partial charge in [-0.25, -0.2) is 0 Å². The molecule has 0 aliphatic heterocycles. The summed E-state index contributed by atoms with van der Waals surface area (Å²) in [6.07, 6.45) is 2.71. The predicted octanol–water partition coefficient (Wildman–Crippen LogP) is -3.92. The van der Waals surface area contributed by atoms with Gasteiger partial charge in [0.25, 0.3) is 0 Å². The Bertz CT molecular complexity index is 153. The van der Waals surface area contributed by atoms with E-state index in [1.807, 2.05) is 19.1 Å². The van der Waals surface area contributed by atoms with Crippen molar-refractivity contribution in [2.75, 3.05) is 0 Å². The van der Waals surface area contributed by atoms with Crippen molar-refractivity contribution in [3.05, 3.63) is 30.1 Å². The van der Waals surface area contributed by atoms with Gasteiger partial charge in [0.2, 0.25) is 0 Å². The Balaban J connectivity index is -0.000000149. The van der Waals surface area contributed by atoms with Gasteiger partial charge in [0, 0.05) is 0 Å². The Morgan fingerprint density at radius 2 is 2.09 bits per heavy atom. The zero-order valence-electron chi connectivity index (χ0n) is 6.64. The van der Waals surface area contributed by atoms with Crippen LogP contribution in [0.25, 0.3) is 0 Å². The molecular weight excluding hydrogens is 321 g/mol. The number of halogens is 2. The first-order valence-electron chi connectivity index (χ1n) is 2.46. The topological polar surface area (TPSA) is 12.9 Å². The third-order valence-corrected chi connectivity index (χ3v) is 0.749. The summed E-state index contributed by atoms with van der Waals surface area (Å²) in [6, 6.07) is 5.64. The minimum absolute atomic E-state index is 0. The third kappa shape index (κ3) is 11.4. The molecule has 0 saturated heterocycles. The average molecular weight is 327 g/mol. The van der Waals surface area contributed by atoms with Crippen LogP contribution in [-0.2, 0) is 14.8 Å². The molecule has 11 heavy (non-hydrogen) atoms. The van der Waals surface area contributed by atoms with Crippen LogP contribution in [0, 0.1) is 13.1 Å². The summed E-state index contributed by atoms with van der Waals surface area (Å²) in [5.41, 5.74) is 1.02. The van der Waals surface area contributed by atoms with Gasteiger partial charge < -0.3 is 17.4 Å². The van der Waals surface area contributed by atoms with Crippen LogP contribution in [-0.4, -0.2) is 4.98 Å². The van der Waals surface area contributed by atoms with E-state index in [0.717, 1.165) is 5.69 Å². The van der Waals surface area contributed by atoms with Gasteiger partial charge in [-0.15, -0.1) is 0 Å². The van der Waals surface area contributed by atoms with Crippen LogP contribution < -0.4 is 31.3 Å². The molecule has 0 N–H and O–H groups in total. The Kier molecular flexibility index (Phi) is 23.1. The van der Waals surface area contributed by atoms with E-state index < -0.39 is 0 Å². The van der Waals surface area contributed by atoms with Gasteiger partial charge in [-0.2, -0.15) is 18.2 Å². The van der Waals surface area contributed by atoms with Crippen molar-refractivity contribution in [1.29, 1.82) is 0 Å². The molecule has 0 aliphatic rings. The van der Waals surface area contributed by atoms with Crippen LogP contribution in [0.15, 0.2) is 18.2 Å². The number of hydrogen-bond acceptors (Lipinski definition) is 1. The zero-order valence-corrected chi connectivity index (χ0v) is 12.5. The van der Waals surface area contributed by atoms with Crippen molar-refractivity contribution in [3.63, 3.8) is 0 Å². The number of hydrogen-bond donors (Lipinski definition) is 0. The summed E-state index contributed by atoms with van der Waals surface area (Å²) in [7, 11) is 0. The Morgan fingerprint density at radius 1 is 1.55 bits per heavy atom. The van der Waals surface area contributed by atoms with Gasteiger partial charge in [-0.1, -0.05) is 18.8 Å². The molecule has 0 bridgehead atoms. The molecule has 0 aliphatic carbocycles. The minimum atomic E-state index is 0. The van der Waals surface area contributed by atoms with Crippen LogP contribution in [0.3, 0.4) is 0 Å². The summed E-state index contributed by atoms with van der Waals surface area (Å²) in [6.45, 7) is 1.94. The molecule has 0 atom stereocenters. The standard InChI is InChI=1S/C6H6N.ClH.HI.Li.Zn/c1-6-4-2-3-5-7-6;;;;/h2-4H,1H3;2*1H;;/q-1;;;+1;+2/p-2. The third-order valence-electron chi connectivity index (χ3n) is 0.749. The number of rotatable bonds is 0. The first-order valence-corrected chi connectivity index (χ1v) is 11.5. The van der Waals surface area contributed by atoms with Crippen LogP contribution >= 0.6 is 19.8 Å². The molecule has 1 aromatic rings. The fourth-order valence-corrected chi connectivity index (χ4v) is 0.407. The number of nitrogens with zero attached hydrogens (tertiary/aromatic N) is 1. The van der Waals surface area contributed by atoms with E-state index in [-0.39, 0.29) is 31.3 Å². The fraction of sp³-hybridized carbons (Fsp3) is 0.167. The van der Waals surface area contributed by atoms with E-state index in [4.69, 9.17) is 0 Å². The van der Waals surface area contributed by atoms with Crippen LogP contribution in [0.5, 0.6) is 0 Å². The van der Waals surface area contributed by atoms with Crippen molar-refractivity contribution in [2.45, 2.75) is 6.92 Å². The SMILES string of the molecule is Cc1ccc[c-]n1.[Cl-].[Li+].[Zn+][I]. The molecule has 0 saturated carbocycles. The van der Waals surface area contributed by atoms with E-state index in [2.05, 4.69) is 30.9 Å². The summed E-state index contributed by atoms with van der Waals surface area (Å²) >= 11 is 3.62. The van der Waals surface area contributed by atoms with E-state index >= 15 is 0 Å². The van der Waals surface area contributed by atoms with E-state index in [0.29, 0.717) is 0 Å². The Morgan fingerprint density at radius 3 is 2.27 bits per heavy atom. The molecule has 0 aromatic carbocycles. The van der Waals surface area contributed by atoms with Crippen molar-refractivity contribution in [3.8, 4) is 0 Å². The van der Waals surface area contributed by atoms with Gasteiger partial charge in [0.1, 0.15) is 0 Å². The molecule has 5 heteroatoms. The van der Waals surface area contributed by atoms with Gasteiger partial charge >= 0.3 is 53.4 Å². The molecule has 1 rings (SSSR count). The van der Waals surface area contributed by atoms with Gasteiger partial charge in [0.05, 0.1) is 0 Å². The van der Waals surface area contributed by atoms with E-state index in [1.54, 1.807) is 6.07 Å². The Labute approximate surface area is 107 Å².